The van der Waals surface area contributed by atoms with E-state index in [0.717, 1.165) is 12.8 Å². The number of nitrogens with two attached hydrogens (primary N) is 1. The molecule has 1 aliphatic rings. The van der Waals surface area contributed by atoms with Crippen molar-refractivity contribution in [2.24, 2.45) is 17.8 Å². The first-order valence-corrected chi connectivity index (χ1v) is 13.8. The Hall–Kier alpha value is -3.53. The molecule has 3 N–H and O–H groups in total. The Morgan fingerprint density at radius 2 is 1.95 bits per heavy atom. The van der Waals surface area contributed by atoms with Gasteiger partial charge >= 0.3 is 0 Å². The third-order valence-electron chi connectivity index (χ3n) is 6.63. The summed E-state index contributed by atoms with van der Waals surface area (Å²) >= 11 is 0. The Morgan fingerprint density at radius 1 is 1.16 bits per heavy atom. The number of nitrogens with zero attached hydrogens (tertiary/aromatic N) is 2. The van der Waals surface area contributed by atoms with Crippen molar-refractivity contribution >= 4 is 22.7 Å². The Balaban J connectivity index is 1.66. The van der Waals surface area contributed by atoms with Gasteiger partial charge in [-0.25, -0.2) is 18.6 Å². The molecule has 1 fully saturated rings. The van der Waals surface area contributed by atoms with E-state index in [4.69, 9.17) is 15.2 Å². The second-order valence-electron chi connectivity index (χ2n) is 10.1. The minimum absolute atomic E-state index is 0.0948. The predicted molar refractivity (Wildman–Crippen MR) is 144 cm³/mol. The van der Waals surface area contributed by atoms with Crippen molar-refractivity contribution in [3.63, 3.8) is 0 Å². The summed E-state index contributed by atoms with van der Waals surface area (Å²) < 4.78 is 41.6. The summed E-state index contributed by atoms with van der Waals surface area (Å²) in [5.74, 6) is 0.577. The highest BCUT2D eigenvalue weighted by molar-refractivity contribution is 7.83. The van der Waals surface area contributed by atoms with Gasteiger partial charge in [-0.1, -0.05) is 33.8 Å². The van der Waals surface area contributed by atoms with Gasteiger partial charge in [0.15, 0.2) is 16.0 Å². The summed E-state index contributed by atoms with van der Waals surface area (Å²) in [6.07, 6.45) is 1.68. The molecule has 4 unspecified atom stereocenters. The highest BCUT2D eigenvalue weighted by Gasteiger charge is 2.33. The average Bonchev–Trinajstić information content (AvgIpc) is 3.19. The summed E-state index contributed by atoms with van der Waals surface area (Å²) in [6, 6.07) is 12.2. The van der Waals surface area contributed by atoms with E-state index in [1.54, 1.807) is 30.3 Å². The molecule has 1 saturated carbocycles. The maximum absolute atomic E-state index is 14.4. The van der Waals surface area contributed by atoms with Crippen LogP contribution in [0.5, 0.6) is 11.6 Å². The molecule has 3 aromatic rings. The molecular formula is C28H33FN4O4S. The van der Waals surface area contributed by atoms with Crippen LogP contribution in [0.15, 0.2) is 53.6 Å². The van der Waals surface area contributed by atoms with E-state index in [-0.39, 0.29) is 40.2 Å². The third kappa shape index (κ3) is 6.66. The van der Waals surface area contributed by atoms with Crippen LogP contribution in [0, 0.1) is 23.6 Å². The van der Waals surface area contributed by atoms with Gasteiger partial charge < -0.3 is 15.2 Å². The van der Waals surface area contributed by atoms with Gasteiger partial charge in [0.2, 0.25) is 5.88 Å². The fourth-order valence-corrected chi connectivity index (χ4v) is 5.05. The maximum atomic E-state index is 14.4. The van der Waals surface area contributed by atoms with Gasteiger partial charge in [-0.15, -0.1) is 0 Å². The van der Waals surface area contributed by atoms with Crippen molar-refractivity contribution < 1.29 is 22.9 Å². The summed E-state index contributed by atoms with van der Waals surface area (Å²) in [5, 5.41) is 0.123. The zero-order valence-electron chi connectivity index (χ0n) is 21.9. The first-order valence-electron chi connectivity index (χ1n) is 12.7. The summed E-state index contributed by atoms with van der Waals surface area (Å²) in [4.78, 5) is 21.8. The molecule has 0 saturated heterocycles. The molecule has 202 valence electrons. The standard InChI is InChI=1S/C28H33FN4O4S/c1-16(2)15-36-21-13-19(12-20(29)14-21)23-10-9-22(28(31-23)37-24-11-8-17(3)18(24)4)27(34)33-38(35)26-7-5-6-25(30)32-26/h5-7,9-10,12-14,16-18,24H,8,11,15H2,1-4H3,(H2,30,32)(H,33,34). The lowest BCUT2D eigenvalue weighted by molar-refractivity contribution is 0.0967. The largest absolute Gasteiger partial charge is 0.493 e. The Kier molecular flexibility index (Phi) is 8.61. The number of carbonyl (C=O) groups excluding carboxylic acids is 1. The molecule has 1 aliphatic carbocycles. The number of aromatic nitrogens is 2. The van der Waals surface area contributed by atoms with Gasteiger partial charge in [0.25, 0.3) is 5.91 Å². The number of benzene rings is 1. The number of pyridine rings is 2. The lowest BCUT2D eigenvalue weighted by Gasteiger charge is -2.21. The fraction of sp³-hybridized carbons (Fsp3) is 0.393. The number of nitrogen functional groups attached to an aromatic ring is 1. The van der Waals surface area contributed by atoms with E-state index in [2.05, 4.69) is 28.5 Å². The van der Waals surface area contributed by atoms with Crippen LogP contribution in [0.3, 0.4) is 0 Å². The predicted octanol–water partition coefficient (Wildman–Crippen LogP) is 5.17. The van der Waals surface area contributed by atoms with Crippen molar-refractivity contribution in [3.05, 3.63) is 59.9 Å². The van der Waals surface area contributed by atoms with Crippen LogP contribution < -0.4 is 19.9 Å². The zero-order chi connectivity index (χ0) is 27.4. The van der Waals surface area contributed by atoms with Gasteiger partial charge in [0.05, 0.1) is 12.3 Å². The molecule has 8 nitrogen and oxygen atoms in total. The molecular weight excluding hydrogens is 507 g/mol. The Morgan fingerprint density at radius 3 is 2.63 bits per heavy atom. The number of amides is 1. The highest BCUT2D eigenvalue weighted by atomic mass is 32.2. The van der Waals surface area contributed by atoms with Crippen molar-refractivity contribution in [2.75, 3.05) is 12.3 Å². The van der Waals surface area contributed by atoms with E-state index >= 15 is 0 Å². The Bertz CT molecular complexity index is 1340. The van der Waals surface area contributed by atoms with Crippen LogP contribution in [0.25, 0.3) is 11.3 Å². The second kappa shape index (κ2) is 11.9. The normalized spacial score (nSPS) is 19.8. The summed E-state index contributed by atoms with van der Waals surface area (Å²) in [7, 11) is -1.94. The number of hydrogen-bond acceptors (Lipinski definition) is 7. The van der Waals surface area contributed by atoms with E-state index in [1.165, 1.54) is 18.2 Å². The molecule has 0 bridgehead atoms. The van der Waals surface area contributed by atoms with Crippen LogP contribution in [-0.4, -0.2) is 32.8 Å². The molecule has 1 aromatic carbocycles. The first kappa shape index (κ1) is 27.5. The number of halogens is 1. The van der Waals surface area contributed by atoms with Gasteiger partial charge in [0, 0.05) is 11.6 Å². The lowest BCUT2D eigenvalue weighted by Crippen LogP contribution is -2.29. The lowest BCUT2D eigenvalue weighted by atomic mass is 9.99. The van der Waals surface area contributed by atoms with Crippen LogP contribution in [0.1, 0.15) is 50.9 Å². The molecule has 2 aromatic heterocycles. The van der Waals surface area contributed by atoms with Crippen molar-refractivity contribution in [2.45, 2.75) is 51.7 Å². The van der Waals surface area contributed by atoms with Crippen molar-refractivity contribution in [3.8, 4) is 22.9 Å². The number of nitrogens with one attached hydrogen (secondary N) is 1. The first-order chi connectivity index (χ1) is 18.1. The van der Waals surface area contributed by atoms with E-state index in [9.17, 15) is 13.4 Å². The van der Waals surface area contributed by atoms with Gasteiger partial charge in [-0.2, -0.15) is 0 Å². The van der Waals surface area contributed by atoms with Gasteiger partial charge in [-0.3, -0.25) is 9.52 Å². The highest BCUT2D eigenvalue weighted by Crippen LogP contribution is 2.35. The molecule has 0 spiro atoms. The molecule has 4 atom stereocenters. The van der Waals surface area contributed by atoms with Gasteiger partial charge in [0.1, 0.15) is 29.1 Å². The average molecular weight is 541 g/mol. The van der Waals surface area contributed by atoms with E-state index in [1.807, 2.05) is 13.8 Å². The minimum Gasteiger partial charge on any atom is -0.493 e. The number of hydrogen-bond donors (Lipinski definition) is 2. The van der Waals surface area contributed by atoms with E-state index in [0.29, 0.717) is 29.5 Å². The smallest absolute Gasteiger partial charge is 0.268 e. The van der Waals surface area contributed by atoms with Crippen molar-refractivity contribution in [1.29, 1.82) is 0 Å². The SMILES string of the molecule is CC(C)COc1cc(F)cc(-c2ccc(C(=O)NS(=O)c3cccc(N)n3)c(OC3CCC(C)C3C)n2)c1. The topological polar surface area (TPSA) is 116 Å². The number of carbonyl (C=O) groups is 1. The van der Waals surface area contributed by atoms with Gasteiger partial charge in [-0.05, 0) is 67.0 Å². The van der Waals surface area contributed by atoms with Crippen LogP contribution in [0.4, 0.5) is 10.2 Å². The molecule has 1 amide bonds. The van der Waals surface area contributed by atoms with Crippen LogP contribution >= 0.6 is 0 Å². The molecule has 4 rings (SSSR count). The van der Waals surface area contributed by atoms with Crippen LogP contribution in [-0.2, 0) is 11.0 Å². The van der Waals surface area contributed by atoms with Crippen molar-refractivity contribution in [1.82, 2.24) is 14.7 Å². The minimum atomic E-state index is -1.94. The summed E-state index contributed by atoms with van der Waals surface area (Å²) in [5.41, 5.74) is 6.70. The monoisotopic (exact) mass is 540 g/mol. The number of rotatable bonds is 9. The Labute approximate surface area is 224 Å². The number of anilines is 1. The number of ether oxygens (including phenoxy) is 2. The van der Waals surface area contributed by atoms with E-state index < -0.39 is 22.7 Å². The molecule has 0 radical (unpaired) electrons. The van der Waals surface area contributed by atoms with Crippen LogP contribution in [0.2, 0.25) is 0 Å². The second-order valence-corrected chi connectivity index (χ2v) is 11.3. The molecule has 10 heteroatoms. The zero-order valence-corrected chi connectivity index (χ0v) is 22.8. The fourth-order valence-electron chi connectivity index (χ4n) is 4.28. The molecule has 2 heterocycles. The third-order valence-corrected chi connectivity index (χ3v) is 7.61. The quantitative estimate of drug-likeness (QED) is 0.385. The molecule has 38 heavy (non-hydrogen) atoms. The maximum Gasteiger partial charge on any atom is 0.268 e. The summed E-state index contributed by atoms with van der Waals surface area (Å²) in [6.45, 7) is 8.74. The molecule has 0 aliphatic heterocycles.